The monoisotopic (exact) mass is 402 g/mol. The van der Waals surface area contributed by atoms with Gasteiger partial charge in [0.2, 0.25) is 5.91 Å². The third kappa shape index (κ3) is 6.56. The predicted molar refractivity (Wildman–Crippen MR) is 110 cm³/mol. The number of carbonyl (C=O) groups excluding carboxylic acids is 1. The number of piperidine rings is 1. The van der Waals surface area contributed by atoms with Crippen LogP contribution in [0.15, 0.2) is 47.9 Å². The van der Waals surface area contributed by atoms with E-state index in [4.69, 9.17) is 0 Å². The molecule has 0 saturated carbocycles. The fraction of sp³-hybridized carbons (Fsp3) is 0.476. The number of hydrogen-bond acceptors (Lipinski definition) is 5. The highest BCUT2D eigenvalue weighted by Gasteiger charge is 2.22. The molecule has 0 aliphatic carbocycles. The average molecular weight is 403 g/mol. The van der Waals surface area contributed by atoms with Crippen molar-refractivity contribution in [1.82, 2.24) is 19.8 Å². The van der Waals surface area contributed by atoms with Crippen LogP contribution in [0.5, 0.6) is 0 Å². The number of thioether (sulfide) groups is 1. The number of nitrogens with zero attached hydrogens (tertiary/aromatic N) is 4. The Morgan fingerprint density at radius 2 is 2.04 bits per heavy atom. The van der Waals surface area contributed by atoms with E-state index < -0.39 is 0 Å². The molecule has 1 amide bonds. The molecule has 1 saturated heterocycles. The van der Waals surface area contributed by atoms with Gasteiger partial charge in [-0.1, -0.05) is 23.9 Å². The summed E-state index contributed by atoms with van der Waals surface area (Å²) in [6.45, 7) is 3.85. The number of halogens is 1. The zero-order valence-electron chi connectivity index (χ0n) is 16.3. The summed E-state index contributed by atoms with van der Waals surface area (Å²) in [5, 5.41) is 0.633. The van der Waals surface area contributed by atoms with Crippen LogP contribution in [-0.4, -0.2) is 64.7 Å². The van der Waals surface area contributed by atoms with Crippen molar-refractivity contribution in [2.75, 3.05) is 39.0 Å². The topological polar surface area (TPSA) is 49.3 Å². The van der Waals surface area contributed by atoms with Crippen molar-refractivity contribution >= 4 is 17.7 Å². The molecule has 28 heavy (non-hydrogen) atoms. The van der Waals surface area contributed by atoms with E-state index in [1.54, 1.807) is 18.5 Å². The molecule has 1 atom stereocenters. The Morgan fingerprint density at radius 3 is 2.79 bits per heavy atom. The van der Waals surface area contributed by atoms with Gasteiger partial charge in [-0.2, -0.15) is 0 Å². The summed E-state index contributed by atoms with van der Waals surface area (Å²) in [6, 6.07) is 8.53. The zero-order valence-corrected chi connectivity index (χ0v) is 17.1. The molecule has 1 aliphatic rings. The summed E-state index contributed by atoms with van der Waals surface area (Å²) in [7, 11) is 1.88. The molecular formula is C21H27FN4OS. The van der Waals surface area contributed by atoms with Gasteiger partial charge in [0, 0.05) is 39.1 Å². The van der Waals surface area contributed by atoms with Crippen LogP contribution in [0, 0.1) is 11.7 Å². The normalized spacial score (nSPS) is 17.4. The summed E-state index contributed by atoms with van der Waals surface area (Å²) < 4.78 is 13.0. The minimum Gasteiger partial charge on any atom is -0.345 e. The van der Waals surface area contributed by atoms with Gasteiger partial charge in [-0.25, -0.2) is 14.4 Å². The van der Waals surface area contributed by atoms with Gasteiger partial charge in [0.05, 0.1) is 5.75 Å². The smallest absolute Gasteiger partial charge is 0.232 e. The number of aromatic nitrogens is 2. The van der Waals surface area contributed by atoms with Crippen molar-refractivity contribution in [1.29, 1.82) is 0 Å². The molecule has 0 bridgehead atoms. The third-order valence-electron chi connectivity index (χ3n) is 5.06. The maximum Gasteiger partial charge on any atom is 0.232 e. The van der Waals surface area contributed by atoms with E-state index in [0.717, 1.165) is 51.0 Å². The molecule has 1 aliphatic heterocycles. The van der Waals surface area contributed by atoms with E-state index in [1.165, 1.54) is 23.9 Å². The van der Waals surface area contributed by atoms with Crippen molar-refractivity contribution in [3.63, 3.8) is 0 Å². The quantitative estimate of drug-likeness (QED) is 0.502. The van der Waals surface area contributed by atoms with E-state index in [0.29, 0.717) is 16.8 Å². The molecule has 1 aromatic carbocycles. The Kier molecular flexibility index (Phi) is 7.80. The maximum atomic E-state index is 13.0. The third-order valence-corrected chi connectivity index (χ3v) is 5.92. The van der Waals surface area contributed by atoms with Crippen LogP contribution in [-0.2, 0) is 11.2 Å². The highest BCUT2D eigenvalue weighted by Crippen LogP contribution is 2.19. The summed E-state index contributed by atoms with van der Waals surface area (Å²) in [5.41, 5.74) is 1.16. The largest absolute Gasteiger partial charge is 0.345 e. The first-order chi connectivity index (χ1) is 13.6. The summed E-state index contributed by atoms with van der Waals surface area (Å²) in [6.07, 6.45) is 6.61. The molecule has 150 valence electrons. The van der Waals surface area contributed by atoms with Crippen LogP contribution in [0.2, 0.25) is 0 Å². The van der Waals surface area contributed by atoms with Gasteiger partial charge in [0.1, 0.15) is 5.82 Å². The van der Waals surface area contributed by atoms with E-state index in [9.17, 15) is 9.18 Å². The first kappa shape index (κ1) is 20.7. The summed E-state index contributed by atoms with van der Waals surface area (Å²) >= 11 is 1.38. The van der Waals surface area contributed by atoms with Gasteiger partial charge in [0.25, 0.3) is 0 Å². The minimum atomic E-state index is -0.188. The molecule has 3 rings (SSSR count). The molecule has 1 fully saturated rings. The molecule has 7 heteroatoms. The van der Waals surface area contributed by atoms with Crippen LogP contribution in [0.4, 0.5) is 4.39 Å². The van der Waals surface area contributed by atoms with Gasteiger partial charge in [-0.3, -0.25) is 4.79 Å². The van der Waals surface area contributed by atoms with Gasteiger partial charge in [-0.15, -0.1) is 0 Å². The van der Waals surface area contributed by atoms with Crippen LogP contribution >= 0.6 is 11.8 Å². The molecule has 0 unspecified atom stereocenters. The number of rotatable bonds is 8. The number of hydrogen-bond donors (Lipinski definition) is 0. The fourth-order valence-electron chi connectivity index (χ4n) is 3.53. The number of benzene rings is 1. The second-order valence-corrected chi connectivity index (χ2v) is 8.22. The van der Waals surface area contributed by atoms with Crippen molar-refractivity contribution in [2.24, 2.45) is 5.92 Å². The van der Waals surface area contributed by atoms with Gasteiger partial charge < -0.3 is 9.80 Å². The highest BCUT2D eigenvalue weighted by molar-refractivity contribution is 7.99. The summed E-state index contributed by atoms with van der Waals surface area (Å²) in [5.74, 6) is 0.780. The Balaban J connectivity index is 1.40. The van der Waals surface area contributed by atoms with Crippen molar-refractivity contribution in [2.45, 2.75) is 24.4 Å². The molecular weight excluding hydrogens is 375 g/mol. The van der Waals surface area contributed by atoms with E-state index in [2.05, 4.69) is 14.9 Å². The molecule has 2 aromatic rings. The number of amides is 1. The van der Waals surface area contributed by atoms with Crippen molar-refractivity contribution in [3.05, 3.63) is 54.1 Å². The first-order valence-electron chi connectivity index (χ1n) is 9.71. The highest BCUT2D eigenvalue weighted by atomic mass is 32.2. The van der Waals surface area contributed by atoms with Gasteiger partial charge >= 0.3 is 0 Å². The van der Waals surface area contributed by atoms with Gasteiger partial charge in [0.15, 0.2) is 5.16 Å². The average Bonchev–Trinajstić information content (AvgIpc) is 2.72. The van der Waals surface area contributed by atoms with Crippen LogP contribution in [0.3, 0.4) is 0 Å². The van der Waals surface area contributed by atoms with Crippen LogP contribution < -0.4 is 0 Å². The Bertz CT molecular complexity index is 744. The lowest BCUT2D eigenvalue weighted by Gasteiger charge is -2.34. The minimum absolute atomic E-state index is 0.112. The second kappa shape index (κ2) is 10.5. The molecule has 1 aromatic heterocycles. The van der Waals surface area contributed by atoms with E-state index in [-0.39, 0.29) is 11.7 Å². The molecule has 0 radical (unpaired) electrons. The first-order valence-corrected chi connectivity index (χ1v) is 10.7. The van der Waals surface area contributed by atoms with E-state index >= 15 is 0 Å². The van der Waals surface area contributed by atoms with Crippen LogP contribution in [0.1, 0.15) is 18.4 Å². The lowest BCUT2D eigenvalue weighted by atomic mass is 9.97. The number of likely N-dealkylation sites (tertiary alicyclic amines) is 1. The predicted octanol–water partition coefficient (Wildman–Crippen LogP) is 3.12. The van der Waals surface area contributed by atoms with Crippen LogP contribution in [0.25, 0.3) is 0 Å². The van der Waals surface area contributed by atoms with E-state index in [1.807, 2.05) is 24.1 Å². The van der Waals surface area contributed by atoms with Crippen molar-refractivity contribution < 1.29 is 9.18 Å². The molecule has 2 heterocycles. The van der Waals surface area contributed by atoms with Crippen molar-refractivity contribution in [3.8, 4) is 0 Å². The van der Waals surface area contributed by atoms with Gasteiger partial charge in [-0.05, 0) is 55.5 Å². The Labute approximate surface area is 170 Å². The fourth-order valence-corrected chi connectivity index (χ4v) is 4.27. The molecule has 0 spiro atoms. The SMILES string of the molecule is CN(C[C@H]1CCCN(CCc2ccc(F)cc2)C1)C(=O)CSc1ncccn1. The maximum absolute atomic E-state index is 13.0. The number of carbonyl (C=O) groups is 1. The molecule has 5 nitrogen and oxygen atoms in total. The summed E-state index contributed by atoms with van der Waals surface area (Å²) in [4.78, 5) is 25.0. The molecule has 0 N–H and O–H groups in total. The standard InChI is InChI=1S/C21H27FN4OS/c1-25(20(27)16-28-21-23-10-3-11-24-21)14-18-4-2-12-26(15-18)13-9-17-5-7-19(22)8-6-17/h3,5-8,10-11,18H,2,4,9,12-16H2,1H3/t18-/m1/s1. The Hall–Kier alpha value is -1.99. The zero-order chi connectivity index (χ0) is 19.8. The second-order valence-electron chi connectivity index (χ2n) is 7.28. The Morgan fingerprint density at radius 1 is 1.29 bits per heavy atom. The lowest BCUT2D eigenvalue weighted by molar-refractivity contribution is -0.127. The lowest BCUT2D eigenvalue weighted by Crippen LogP contribution is -2.42.